The summed E-state index contributed by atoms with van der Waals surface area (Å²) in [7, 11) is 0. The second-order valence-corrected chi connectivity index (χ2v) is 7.34. The molecule has 6 heteroatoms. The van der Waals surface area contributed by atoms with E-state index in [1.165, 1.54) is 41.9 Å². The molecular formula is C15H18N2O2S2. The Morgan fingerprint density at radius 1 is 1.38 bits per heavy atom. The highest BCUT2D eigenvalue weighted by Crippen LogP contribution is 2.37. The van der Waals surface area contributed by atoms with Crippen LogP contribution >= 0.6 is 22.7 Å². The van der Waals surface area contributed by atoms with Crippen molar-refractivity contribution in [3.63, 3.8) is 0 Å². The minimum Gasteiger partial charge on any atom is -0.305 e. The molecule has 112 valence electrons. The third-order valence-electron chi connectivity index (χ3n) is 4.07. The van der Waals surface area contributed by atoms with Crippen LogP contribution in [0.2, 0.25) is 0 Å². The molecule has 0 aromatic carbocycles. The van der Waals surface area contributed by atoms with Gasteiger partial charge in [-0.25, -0.2) is 0 Å². The van der Waals surface area contributed by atoms with E-state index in [-0.39, 0.29) is 9.92 Å². The van der Waals surface area contributed by atoms with Crippen molar-refractivity contribution < 1.29 is 4.92 Å². The van der Waals surface area contributed by atoms with Crippen LogP contribution in [0.25, 0.3) is 0 Å². The molecular weight excluding hydrogens is 304 g/mol. The quantitative estimate of drug-likeness (QED) is 0.617. The van der Waals surface area contributed by atoms with E-state index in [1.807, 2.05) is 5.38 Å². The standard InChI is InChI=1S/C15H18N2O2S2/c18-17(19)14-8-11(10-21-14)9-16-15(12-4-1-2-5-12)13-6-3-7-20-13/h3,6-8,10,12,15-16H,1-2,4-5,9H2. The van der Waals surface area contributed by atoms with Crippen LogP contribution in [0.5, 0.6) is 0 Å². The molecule has 0 amide bonds. The molecule has 2 aromatic heterocycles. The van der Waals surface area contributed by atoms with Gasteiger partial charge < -0.3 is 5.32 Å². The Bertz CT molecular complexity index is 589. The average Bonchev–Trinajstić information content (AvgIpc) is 3.22. The van der Waals surface area contributed by atoms with E-state index in [0.29, 0.717) is 18.5 Å². The lowest BCUT2D eigenvalue weighted by atomic mass is 9.96. The van der Waals surface area contributed by atoms with Gasteiger partial charge in [-0.2, -0.15) is 0 Å². The van der Waals surface area contributed by atoms with Gasteiger partial charge in [0, 0.05) is 28.9 Å². The van der Waals surface area contributed by atoms with Crippen LogP contribution < -0.4 is 5.32 Å². The molecule has 1 aliphatic carbocycles. The van der Waals surface area contributed by atoms with Crippen molar-refractivity contribution in [2.75, 3.05) is 0 Å². The van der Waals surface area contributed by atoms with E-state index in [1.54, 1.807) is 17.4 Å². The van der Waals surface area contributed by atoms with E-state index in [0.717, 1.165) is 5.56 Å². The zero-order chi connectivity index (χ0) is 14.7. The average molecular weight is 322 g/mol. The smallest absolute Gasteiger partial charge is 0.305 e. The largest absolute Gasteiger partial charge is 0.324 e. The molecule has 1 N–H and O–H groups in total. The number of nitrogens with zero attached hydrogens (tertiary/aromatic N) is 1. The summed E-state index contributed by atoms with van der Waals surface area (Å²) in [5.41, 5.74) is 1.01. The zero-order valence-corrected chi connectivity index (χ0v) is 13.3. The summed E-state index contributed by atoms with van der Waals surface area (Å²) in [4.78, 5) is 11.8. The monoisotopic (exact) mass is 322 g/mol. The van der Waals surface area contributed by atoms with Crippen molar-refractivity contribution >= 4 is 27.7 Å². The molecule has 2 aromatic rings. The van der Waals surface area contributed by atoms with E-state index >= 15 is 0 Å². The van der Waals surface area contributed by atoms with Gasteiger partial charge >= 0.3 is 5.00 Å². The highest BCUT2D eigenvalue weighted by atomic mass is 32.1. The molecule has 0 saturated heterocycles. The van der Waals surface area contributed by atoms with Crippen molar-refractivity contribution in [3.8, 4) is 0 Å². The van der Waals surface area contributed by atoms with Gasteiger partial charge in [0.1, 0.15) is 0 Å². The number of nitro groups is 1. The number of hydrogen-bond donors (Lipinski definition) is 1. The SMILES string of the molecule is O=[N+]([O-])c1cc(CNC(c2cccs2)C2CCCC2)cs1. The summed E-state index contributed by atoms with van der Waals surface area (Å²) in [6.45, 7) is 0.698. The lowest BCUT2D eigenvalue weighted by molar-refractivity contribution is -0.380. The third kappa shape index (κ3) is 3.51. The Hall–Kier alpha value is -1.24. The Morgan fingerprint density at radius 2 is 2.19 bits per heavy atom. The van der Waals surface area contributed by atoms with Gasteiger partial charge in [-0.3, -0.25) is 10.1 Å². The highest BCUT2D eigenvalue weighted by Gasteiger charge is 2.26. The van der Waals surface area contributed by atoms with Crippen LogP contribution in [-0.2, 0) is 6.54 Å². The van der Waals surface area contributed by atoms with Crippen molar-refractivity contribution in [2.24, 2.45) is 5.92 Å². The summed E-state index contributed by atoms with van der Waals surface area (Å²) in [5.74, 6) is 0.692. The molecule has 0 aliphatic heterocycles. The van der Waals surface area contributed by atoms with E-state index in [9.17, 15) is 10.1 Å². The molecule has 0 spiro atoms. The van der Waals surface area contributed by atoms with E-state index in [4.69, 9.17) is 0 Å². The molecule has 2 heterocycles. The second kappa shape index (κ2) is 6.68. The van der Waals surface area contributed by atoms with Gasteiger partial charge in [0.25, 0.3) is 0 Å². The van der Waals surface area contributed by atoms with Crippen LogP contribution in [0.4, 0.5) is 5.00 Å². The van der Waals surface area contributed by atoms with Crippen molar-refractivity contribution in [3.05, 3.63) is 49.5 Å². The first-order chi connectivity index (χ1) is 10.2. The maximum absolute atomic E-state index is 10.7. The maximum atomic E-state index is 10.7. The summed E-state index contributed by atoms with van der Waals surface area (Å²) in [6, 6.07) is 6.35. The molecule has 4 nitrogen and oxygen atoms in total. The van der Waals surface area contributed by atoms with Gasteiger partial charge in [0.05, 0.1) is 4.92 Å². The lowest BCUT2D eigenvalue weighted by Crippen LogP contribution is -2.25. The van der Waals surface area contributed by atoms with Gasteiger partial charge in [-0.1, -0.05) is 30.2 Å². The number of rotatable bonds is 6. The number of thiophene rings is 2. The van der Waals surface area contributed by atoms with Gasteiger partial charge in [-0.05, 0) is 35.8 Å². The molecule has 0 bridgehead atoms. The van der Waals surface area contributed by atoms with Gasteiger partial charge in [0.15, 0.2) is 0 Å². The third-order valence-corrected chi connectivity index (χ3v) is 5.95. The van der Waals surface area contributed by atoms with E-state index < -0.39 is 0 Å². The predicted molar refractivity (Wildman–Crippen MR) is 86.8 cm³/mol. The Morgan fingerprint density at radius 3 is 2.81 bits per heavy atom. The molecule has 3 rings (SSSR count). The predicted octanol–water partition coefficient (Wildman–Crippen LogP) is 4.74. The van der Waals surface area contributed by atoms with Crippen LogP contribution in [0.15, 0.2) is 29.0 Å². The summed E-state index contributed by atoms with van der Waals surface area (Å²) in [6.07, 6.45) is 5.19. The molecule has 1 fully saturated rings. The van der Waals surface area contributed by atoms with Crippen LogP contribution in [0.3, 0.4) is 0 Å². The molecule has 1 unspecified atom stereocenters. The first-order valence-electron chi connectivity index (χ1n) is 7.22. The number of hydrogen-bond acceptors (Lipinski definition) is 5. The lowest BCUT2D eigenvalue weighted by Gasteiger charge is -2.23. The Labute approximate surface area is 132 Å². The number of nitrogens with one attached hydrogen (secondary N) is 1. The van der Waals surface area contributed by atoms with Crippen molar-refractivity contribution in [2.45, 2.75) is 38.3 Å². The van der Waals surface area contributed by atoms with Crippen LogP contribution in [0.1, 0.15) is 42.2 Å². The summed E-state index contributed by atoms with van der Waals surface area (Å²) in [5, 5.41) is 18.6. The fourth-order valence-electron chi connectivity index (χ4n) is 3.04. The van der Waals surface area contributed by atoms with Crippen molar-refractivity contribution in [1.29, 1.82) is 0 Å². The van der Waals surface area contributed by atoms with Gasteiger partial charge in [0.2, 0.25) is 0 Å². The minimum absolute atomic E-state index is 0.223. The topological polar surface area (TPSA) is 55.2 Å². The molecule has 1 aliphatic rings. The normalized spacial score (nSPS) is 17.1. The molecule has 0 radical (unpaired) electrons. The molecule has 1 saturated carbocycles. The highest BCUT2D eigenvalue weighted by molar-refractivity contribution is 7.13. The molecule has 1 atom stereocenters. The van der Waals surface area contributed by atoms with E-state index in [2.05, 4.69) is 22.8 Å². The second-order valence-electron chi connectivity index (χ2n) is 5.47. The summed E-state index contributed by atoms with van der Waals surface area (Å²) >= 11 is 3.00. The fourth-order valence-corrected chi connectivity index (χ4v) is 4.66. The van der Waals surface area contributed by atoms with Crippen LogP contribution in [0, 0.1) is 16.0 Å². The first-order valence-corrected chi connectivity index (χ1v) is 8.98. The first kappa shape index (κ1) is 14.7. The Balaban J connectivity index is 1.68. The van der Waals surface area contributed by atoms with Crippen LogP contribution in [-0.4, -0.2) is 4.92 Å². The zero-order valence-electron chi connectivity index (χ0n) is 11.7. The Kier molecular flexibility index (Phi) is 4.67. The fraction of sp³-hybridized carbons (Fsp3) is 0.467. The molecule has 21 heavy (non-hydrogen) atoms. The van der Waals surface area contributed by atoms with Gasteiger partial charge in [-0.15, -0.1) is 11.3 Å². The van der Waals surface area contributed by atoms with Crippen molar-refractivity contribution in [1.82, 2.24) is 5.32 Å². The minimum atomic E-state index is -0.318. The maximum Gasteiger partial charge on any atom is 0.324 e. The summed E-state index contributed by atoms with van der Waals surface area (Å²) < 4.78 is 0.